The number of carbonyl (C=O) groups is 5. The summed E-state index contributed by atoms with van der Waals surface area (Å²) >= 11 is 0. The molecule has 0 saturated carbocycles. The number of amides is 4. The van der Waals surface area contributed by atoms with E-state index in [1.54, 1.807) is 0 Å². The zero-order valence-electron chi connectivity index (χ0n) is 18.4. The largest absolute Gasteiger partial charge is 0.289 e. The van der Waals surface area contributed by atoms with Crippen LogP contribution in [0, 0.1) is 0 Å². The van der Waals surface area contributed by atoms with Crippen molar-refractivity contribution in [1.82, 2.24) is 4.90 Å². The second kappa shape index (κ2) is 7.54. The quantitative estimate of drug-likeness (QED) is 0.408. The lowest BCUT2D eigenvalue weighted by atomic mass is 9.96. The Bertz CT molecular complexity index is 1640. The SMILES string of the molecule is CN1C(=O)c2ccc(C(=O)c3ccc4c(c3)C(=O)N(c3cccc(S(C)(=O)=O)c3)C4=O)cc2C1=O. The third-order valence-electron chi connectivity index (χ3n) is 6.00. The Kier molecular flexibility index (Phi) is 4.81. The van der Waals surface area contributed by atoms with Crippen molar-refractivity contribution in [3.05, 3.63) is 94.0 Å². The van der Waals surface area contributed by atoms with Crippen molar-refractivity contribution in [2.45, 2.75) is 4.90 Å². The van der Waals surface area contributed by atoms with Gasteiger partial charge in [0, 0.05) is 24.4 Å². The maximum Gasteiger partial charge on any atom is 0.266 e. The lowest BCUT2D eigenvalue weighted by molar-refractivity contribution is 0.0692. The molecule has 0 fully saturated rings. The van der Waals surface area contributed by atoms with Crippen LogP contribution >= 0.6 is 0 Å². The van der Waals surface area contributed by atoms with Crippen LogP contribution in [0.2, 0.25) is 0 Å². The molecular weight excluding hydrogens is 472 g/mol. The molecule has 35 heavy (non-hydrogen) atoms. The van der Waals surface area contributed by atoms with Crippen LogP contribution in [0.1, 0.15) is 57.4 Å². The number of anilines is 1. The average molecular weight is 488 g/mol. The molecule has 0 radical (unpaired) electrons. The number of hydrogen-bond acceptors (Lipinski definition) is 7. The fraction of sp³-hybridized carbons (Fsp3) is 0.0800. The molecule has 0 aliphatic carbocycles. The zero-order chi connectivity index (χ0) is 25.2. The minimum Gasteiger partial charge on any atom is -0.289 e. The van der Waals surface area contributed by atoms with Crippen molar-refractivity contribution in [3.63, 3.8) is 0 Å². The highest BCUT2D eigenvalue weighted by molar-refractivity contribution is 7.90. The molecule has 4 amide bonds. The molecule has 0 saturated heterocycles. The Labute approximate surface area is 199 Å². The summed E-state index contributed by atoms with van der Waals surface area (Å²) in [7, 11) is -2.21. The Morgan fingerprint density at radius 2 is 1.20 bits per heavy atom. The summed E-state index contributed by atoms with van der Waals surface area (Å²) in [4.78, 5) is 65.3. The summed E-state index contributed by atoms with van der Waals surface area (Å²) in [6.07, 6.45) is 1.02. The third-order valence-corrected chi connectivity index (χ3v) is 7.11. The van der Waals surface area contributed by atoms with Gasteiger partial charge in [0.05, 0.1) is 32.8 Å². The Morgan fingerprint density at radius 1 is 0.686 bits per heavy atom. The van der Waals surface area contributed by atoms with Gasteiger partial charge < -0.3 is 0 Å². The van der Waals surface area contributed by atoms with E-state index in [9.17, 15) is 32.4 Å². The second-order valence-corrected chi connectivity index (χ2v) is 10.3. The highest BCUT2D eigenvalue weighted by Crippen LogP contribution is 2.31. The van der Waals surface area contributed by atoms with Gasteiger partial charge in [0.15, 0.2) is 15.6 Å². The van der Waals surface area contributed by atoms with Gasteiger partial charge in [-0.1, -0.05) is 18.2 Å². The van der Waals surface area contributed by atoms with Gasteiger partial charge in [-0.2, -0.15) is 0 Å². The molecular formula is C25H16N2O7S. The summed E-state index contributed by atoms with van der Waals surface area (Å²) in [6.45, 7) is 0. The predicted molar refractivity (Wildman–Crippen MR) is 123 cm³/mol. The van der Waals surface area contributed by atoms with Crippen molar-refractivity contribution in [2.75, 3.05) is 18.2 Å². The van der Waals surface area contributed by atoms with Crippen LogP contribution in [0.3, 0.4) is 0 Å². The van der Waals surface area contributed by atoms with Crippen LogP contribution in [0.5, 0.6) is 0 Å². The van der Waals surface area contributed by atoms with E-state index in [1.807, 2.05) is 0 Å². The highest BCUT2D eigenvalue weighted by atomic mass is 32.2. The van der Waals surface area contributed by atoms with Crippen LogP contribution in [0.25, 0.3) is 0 Å². The van der Waals surface area contributed by atoms with E-state index in [1.165, 1.54) is 67.7 Å². The molecule has 0 bridgehead atoms. The van der Waals surface area contributed by atoms with E-state index in [0.29, 0.717) is 0 Å². The minimum atomic E-state index is -3.56. The van der Waals surface area contributed by atoms with Gasteiger partial charge in [0.1, 0.15) is 0 Å². The number of nitrogens with zero attached hydrogens (tertiary/aromatic N) is 2. The molecule has 2 heterocycles. The molecule has 2 aliphatic heterocycles. The summed E-state index contributed by atoms with van der Waals surface area (Å²) in [6, 6.07) is 13.7. The second-order valence-electron chi connectivity index (χ2n) is 8.23. The third kappa shape index (κ3) is 3.38. The molecule has 0 N–H and O–H groups in total. The fourth-order valence-corrected chi connectivity index (χ4v) is 4.80. The molecule has 5 rings (SSSR count). The number of benzene rings is 3. The van der Waals surface area contributed by atoms with Crippen molar-refractivity contribution >= 4 is 44.9 Å². The number of fused-ring (bicyclic) bond motifs is 2. The van der Waals surface area contributed by atoms with Gasteiger partial charge in [-0.15, -0.1) is 0 Å². The van der Waals surface area contributed by atoms with E-state index in [2.05, 4.69) is 0 Å². The van der Waals surface area contributed by atoms with E-state index < -0.39 is 39.2 Å². The Morgan fingerprint density at radius 3 is 1.80 bits per heavy atom. The molecule has 3 aromatic carbocycles. The molecule has 0 spiro atoms. The van der Waals surface area contributed by atoms with Gasteiger partial charge >= 0.3 is 0 Å². The van der Waals surface area contributed by atoms with Gasteiger partial charge in [-0.05, 0) is 42.5 Å². The first kappa shape index (κ1) is 22.4. The van der Waals surface area contributed by atoms with Crippen molar-refractivity contribution < 1.29 is 32.4 Å². The molecule has 9 nitrogen and oxygen atoms in total. The minimum absolute atomic E-state index is 0.00208. The monoisotopic (exact) mass is 488 g/mol. The molecule has 0 unspecified atom stereocenters. The average Bonchev–Trinajstić information content (AvgIpc) is 3.22. The number of imide groups is 2. The molecule has 174 valence electrons. The van der Waals surface area contributed by atoms with Crippen molar-refractivity contribution in [1.29, 1.82) is 0 Å². The fourth-order valence-electron chi connectivity index (χ4n) is 4.14. The smallest absolute Gasteiger partial charge is 0.266 e. The van der Waals surface area contributed by atoms with E-state index in [-0.39, 0.29) is 44.0 Å². The molecule has 10 heteroatoms. The van der Waals surface area contributed by atoms with Crippen LogP contribution < -0.4 is 4.90 Å². The Hall–Kier alpha value is -4.44. The lowest BCUT2D eigenvalue weighted by Gasteiger charge is -2.14. The molecule has 2 aliphatic rings. The van der Waals surface area contributed by atoms with E-state index in [4.69, 9.17) is 0 Å². The molecule has 0 atom stereocenters. The molecule has 0 aromatic heterocycles. The normalized spacial score (nSPS) is 15.0. The zero-order valence-corrected chi connectivity index (χ0v) is 19.3. The first-order chi connectivity index (χ1) is 16.5. The van der Waals surface area contributed by atoms with E-state index >= 15 is 0 Å². The van der Waals surface area contributed by atoms with Crippen molar-refractivity contribution in [2.24, 2.45) is 0 Å². The van der Waals surface area contributed by atoms with E-state index in [0.717, 1.165) is 16.1 Å². The number of sulfone groups is 1. The number of rotatable bonds is 4. The maximum absolute atomic E-state index is 13.1. The highest BCUT2D eigenvalue weighted by Gasteiger charge is 2.38. The number of ketones is 1. The first-order valence-electron chi connectivity index (χ1n) is 10.3. The maximum atomic E-state index is 13.1. The molecule has 3 aromatic rings. The van der Waals surface area contributed by atoms with Crippen LogP contribution in [-0.2, 0) is 9.84 Å². The van der Waals surface area contributed by atoms with Gasteiger partial charge in [0.25, 0.3) is 23.6 Å². The summed E-state index contributed by atoms with van der Waals surface area (Å²) < 4.78 is 23.8. The topological polar surface area (TPSA) is 126 Å². The standard InChI is InChI=1S/C25H16N2O7S/c1-26-22(29)17-8-6-13(10-19(17)23(26)30)21(28)14-7-9-18-20(11-14)25(32)27(24(18)31)15-4-3-5-16(12-15)35(2,33)34/h3-12H,1-2H3. The van der Waals surface area contributed by atoms with Gasteiger partial charge in [-0.3, -0.25) is 28.9 Å². The van der Waals surface area contributed by atoms with Crippen molar-refractivity contribution in [3.8, 4) is 0 Å². The van der Waals surface area contributed by atoms with Gasteiger partial charge in [-0.25, -0.2) is 13.3 Å². The number of hydrogen-bond donors (Lipinski definition) is 0. The number of carbonyl (C=O) groups excluding carboxylic acids is 5. The van der Waals surface area contributed by atoms with Crippen LogP contribution in [-0.4, -0.2) is 56.0 Å². The lowest BCUT2D eigenvalue weighted by Crippen LogP contribution is -2.29. The Balaban J connectivity index is 1.50. The first-order valence-corrected chi connectivity index (χ1v) is 12.2. The van der Waals surface area contributed by atoms with Crippen LogP contribution in [0.4, 0.5) is 5.69 Å². The summed E-state index contributed by atoms with van der Waals surface area (Å²) in [5.41, 5.74) is 0.753. The summed E-state index contributed by atoms with van der Waals surface area (Å²) in [5.74, 6) is -2.80. The summed E-state index contributed by atoms with van der Waals surface area (Å²) in [5, 5.41) is 0. The van der Waals surface area contributed by atoms with Gasteiger partial charge in [0.2, 0.25) is 0 Å². The predicted octanol–water partition coefficient (Wildman–Crippen LogP) is 2.35. The van der Waals surface area contributed by atoms with Crippen LogP contribution in [0.15, 0.2) is 65.6 Å².